The number of carbonyl (C=O) groups excluding carboxylic acids is 1. The van der Waals surface area contributed by atoms with Crippen LogP contribution < -0.4 is 5.32 Å². The minimum absolute atomic E-state index is 0.204. The maximum Gasteiger partial charge on any atom is 0.417 e. The van der Waals surface area contributed by atoms with Crippen LogP contribution in [0.1, 0.15) is 54.4 Å². The molecular weight excluding hydrogens is 468 g/mol. The molecule has 0 bridgehead atoms. The van der Waals surface area contributed by atoms with Crippen LogP contribution in [0.4, 0.5) is 17.6 Å². The molecule has 0 radical (unpaired) electrons. The second-order valence-electron chi connectivity index (χ2n) is 8.57. The number of pyridine rings is 1. The number of rotatable bonds is 4. The lowest BCUT2D eigenvalue weighted by molar-refractivity contribution is -0.137. The highest BCUT2D eigenvalue weighted by Crippen LogP contribution is 2.36. The highest BCUT2D eigenvalue weighted by Gasteiger charge is 2.40. The summed E-state index contributed by atoms with van der Waals surface area (Å²) >= 11 is 11.2. The fourth-order valence-electron chi connectivity index (χ4n) is 3.89. The maximum atomic E-state index is 14.8. The molecule has 3 rings (SSSR count). The van der Waals surface area contributed by atoms with E-state index in [0.29, 0.717) is 34.8 Å². The number of carbonyl (C=O) groups is 1. The van der Waals surface area contributed by atoms with E-state index in [-0.39, 0.29) is 18.7 Å². The van der Waals surface area contributed by atoms with Gasteiger partial charge in [-0.2, -0.15) is 13.2 Å². The van der Waals surface area contributed by atoms with Gasteiger partial charge in [-0.25, -0.2) is 4.39 Å². The van der Waals surface area contributed by atoms with Crippen LogP contribution in [0, 0.1) is 5.82 Å². The van der Waals surface area contributed by atoms with Gasteiger partial charge in [0.1, 0.15) is 16.5 Å². The average molecular weight is 489 g/mol. The molecule has 1 atom stereocenters. The van der Waals surface area contributed by atoms with Crippen molar-refractivity contribution in [2.45, 2.75) is 50.9 Å². The molecule has 0 unspecified atom stereocenters. The Bertz CT molecular complexity index is 1070. The third-order valence-corrected chi connectivity index (χ3v) is 5.72. The fourth-order valence-corrected chi connectivity index (χ4v) is 4.44. The third kappa shape index (κ3) is 5.44. The Morgan fingerprint density at radius 1 is 1.28 bits per heavy atom. The number of hydrogen-bond donors (Lipinski definition) is 1. The highest BCUT2D eigenvalue weighted by molar-refractivity contribution is 7.80. The van der Waals surface area contributed by atoms with Crippen molar-refractivity contribution in [3.8, 4) is 0 Å². The normalized spacial score (nSPS) is 21.1. The summed E-state index contributed by atoms with van der Waals surface area (Å²) in [4.78, 5) is 16.7. The standard InChI is InChI=1S/C22H21ClF4N2O2S/c1-20(2)11-21(3,29-18(32)10-31-20)14-6-12(4-5-16(14)24)7-17(30)19-15(23)8-13(9-28-19)22(25,26)27/h4-6,8-9H,7,10-11H2,1-3H3,(H,29,32)/t21-/m0/s1. The number of halogens is 5. The van der Waals surface area contributed by atoms with Crippen LogP contribution in [0.3, 0.4) is 0 Å². The van der Waals surface area contributed by atoms with Crippen molar-refractivity contribution in [1.82, 2.24) is 10.3 Å². The summed E-state index contributed by atoms with van der Waals surface area (Å²) in [5, 5.41) is 2.76. The molecule has 0 spiro atoms. The van der Waals surface area contributed by atoms with E-state index in [1.54, 1.807) is 13.0 Å². The van der Waals surface area contributed by atoms with E-state index in [1.165, 1.54) is 12.1 Å². The summed E-state index contributed by atoms with van der Waals surface area (Å²) in [6, 6.07) is 4.89. The van der Waals surface area contributed by atoms with Gasteiger partial charge in [0.05, 0.1) is 28.3 Å². The largest absolute Gasteiger partial charge is 0.417 e. The summed E-state index contributed by atoms with van der Waals surface area (Å²) < 4.78 is 59.0. The van der Waals surface area contributed by atoms with Gasteiger partial charge in [0, 0.05) is 24.6 Å². The number of benzene rings is 1. The van der Waals surface area contributed by atoms with Crippen LogP contribution in [0.5, 0.6) is 0 Å². The molecule has 1 saturated heterocycles. The molecule has 172 valence electrons. The average Bonchev–Trinajstić information content (AvgIpc) is 2.77. The van der Waals surface area contributed by atoms with Crippen LogP contribution in [0.15, 0.2) is 30.5 Å². The van der Waals surface area contributed by atoms with Gasteiger partial charge < -0.3 is 10.1 Å². The summed E-state index contributed by atoms with van der Waals surface area (Å²) in [7, 11) is 0. The van der Waals surface area contributed by atoms with Crippen LogP contribution in [-0.4, -0.2) is 28.0 Å². The molecule has 2 aromatic rings. The summed E-state index contributed by atoms with van der Waals surface area (Å²) in [5.74, 6) is -1.07. The van der Waals surface area contributed by atoms with E-state index < -0.39 is 39.5 Å². The summed E-state index contributed by atoms with van der Waals surface area (Å²) in [5.41, 5.74) is -2.05. The Hall–Kier alpha value is -2.10. The van der Waals surface area contributed by atoms with Crippen LogP contribution in [-0.2, 0) is 22.9 Å². The Balaban J connectivity index is 1.91. The number of ether oxygens (including phenoxy) is 1. The Kier molecular flexibility index (Phi) is 6.66. The first-order valence-corrected chi connectivity index (χ1v) is 10.5. The second kappa shape index (κ2) is 8.68. The Morgan fingerprint density at radius 3 is 2.59 bits per heavy atom. The zero-order valence-corrected chi connectivity index (χ0v) is 19.1. The molecule has 1 aromatic heterocycles. The molecule has 4 nitrogen and oxygen atoms in total. The zero-order chi connectivity index (χ0) is 23.9. The number of aromatic nitrogens is 1. The lowest BCUT2D eigenvalue weighted by atomic mass is 9.81. The molecule has 1 aromatic carbocycles. The van der Waals surface area contributed by atoms with Crippen molar-refractivity contribution in [2.75, 3.05) is 6.61 Å². The van der Waals surface area contributed by atoms with E-state index in [9.17, 15) is 22.4 Å². The van der Waals surface area contributed by atoms with Crippen LogP contribution in [0.2, 0.25) is 5.02 Å². The molecule has 1 N–H and O–H groups in total. The first kappa shape index (κ1) is 24.5. The van der Waals surface area contributed by atoms with Gasteiger partial charge in [-0.1, -0.05) is 36.0 Å². The predicted molar refractivity (Wildman–Crippen MR) is 116 cm³/mol. The first-order valence-electron chi connectivity index (χ1n) is 9.70. The monoisotopic (exact) mass is 488 g/mol. The smallest absolute Gasteiger partial charge is 0.368 e. The van der Waals surface area contributed by atoms with Crippen molar-refractivity contribution in [3.63, 3.8) is 0 Å². The number of nitrogens with zero attached hydrogens (tertiary/aromatic N) is 1. The molecule has 32 heavy (non-hydrogen) atoms. The fraction of sp³-hybridized carbons (Fsp3) is 0.409. The number of nitrogens with one attached hydrogen (secondary N) is 1. The van der Waals surface area contributed by atoms with Crippen molar-refractivity contribution < 1.29 is 27.1 Å². The van der Waals surface area contributed by atoms with Gasteiger partial charge in [-0.15, -0.1) is 0 Å². The van der Waals surface area contributed by atoms with E-state index in [2.05, 4.69) is 10.3 Å². The molecule has 0 aliphatic carbocycles. The van der Waals surface area contributed by atoms with Gasteiger partial charge in [0.25, 0.3) is 0 Å². The highest BCUT2D eigenvalue weighted by atomic mass is 35.5. The number of ketones is 1. The predicted octanol–water partition coefficient (Wildman–Crippen LogP) is 5.65. The Morgan fingerprint density at radius 2 is 1.97 bits per heavy atom. The maximum absolute atomic E-state index is 14.8. The van der Waals surface area contributed by atoms with Gasteiger partial charge in [-0.05, 0) is 38.5 Å². The topological polar surface area (TPSA) is 51.2 Å². The van der Waals surface area contributed by atoms with Crippen molar-refractivity contribution in [2.24, 2.45) is 0 Å². The van der Waals surface area contributed by atoms with E-state index in [4.69, 9.17) is 28.6 Å². The second-order valence-corrected chi connectivity index (χ2v) is 9.47. The number of thiocarbonyl (C=S) groups is 1. The molecule has 0 saturated carbocycles. The van der Waals surface area contributed by atoms with Crippen molar-refractivity contribution in [3.05, 3.63) is 63.7 Å². The minimum Gasteiger partial charge on any atom is -0.368 e. The van der Waals surface area contributed by atoms with Gasteiger partial charge in [-0.3, -0.25) is 9.78 Å². The van der Waals surface area contributed by atoms with Crippen molar-refractivity contribution >= 4 is 34.6 Å². The molecule has 2 heterocycles. The zero-order valence-electron chi connectivity index (χ0n) is 17.6. The molecule has 1 aliphatic rings. The van der Waals surface area contributed by atoms with Crippen LogP contribution in [0.25, 0.3) is 0 Å². The Labute approximate surface area is 193 Å². The lowest BCUT2D eigenvalue weighted by Gasteiger charge is -2.35. The first-order chi connectivity index (χ1) is 14.7. The molecule has 1 fully saturated rings. The molecule has 1 aliphatic heterocycles. The minimum atomic E-state index is -4.62. The number of alkyl halides is 3. The SMILES string of the molecule is CC1(C)C[C@@](C)(c2cc(CC(=O)c3ncc(C(F)(F)F)cc3Cl)ccc2F)NC(=S)CO1. The van der Waals surface area contributed by atoms with Gasteiger partial charge >= 0.3 is 6.18 Å². The molecule has 0 amide bonds. The van der Waals surface area contributed by atoms with Gasteiger partial charge in [0.2, 0.25) is 0 Å². The third-order valence-electron chi connectivity index (χ3n) is 5.21. The summed E-state index contributed by atoms with van der Waals surface area (Å²) in [6.07, 6.45) is -3.87. The number of hydrogen-bond acceptors (Lipinski definition) is 4. The molecular formula is C22H21ClF4N2O2S. The van der Waals surface area contributed by atoms with E-state index >= 15 is 0 Å². The van der Waals surface area contributed by atoms with E-state index in [0.717, 1.165) is 0 Å². The molecule has 10 heteroatoms. The lowest BCUT2D eigenvalue weighted by Crippen LogP contribution is -2.45. The number of Topliss-reactive ketones (excluding diaryl/α,β-unsaturated/α-hetero) is 1. The van der Waals surface area contributed by atoms with Crippen molar-refractivity contribution in [1.29, 1.82) is 0 Å². The quantitative estimate of drug-likeness (QED) is 0.342. The van der Waals surface area contributed by atoms with Gasteiger partial charge in [0.15, 0.2) is 5.78 Å². The van der Waals surface area contributed by atoms with Crippen LogP contribution >= 0.6 is 23.8 Å². The summed E-state index contributed by atoms with van der Waals surface area (Å²) in [6.45, 7) is 5.76. The van der Waals surface area contributed by atoms with E-state index in [1.807, 2.05) is 13.8 Å².